The van der Waals surface area contributed by atoms with Gasteiger partial charge in [-0.05, 0) is 43.2 Å². The number of nitrogens with zero attached hydrogens (tertiary/aromatic N) is 4. The van der Waals surface area contributed by atoms with E-state index in [9.17, 15) is 20.5 Å². The standard InChI is InChI=1S/C19H17N5O3/c20-11-13-1-3-17(19(9-13)24(26)27)22-15-2-4-18(14(10-15)12-21)23-7-5-16(25)6-8-23/h1-4,9-10,16,22,25H,5-8H2. The van der Waals surface area contributed by atoms with E-state index in [1.165, 1.54) is 18.2 Å². The SMILES string of the molecule is N#Cc1ccc(Nc2ccc(N3CCC(O)CC3)c(C#N)c2)c([N+](=O)[O-])c1. The molecule has 0 radical (unpaired) electrons. The molecule has 2 aromatic carbocycles. The fraction of sp³-hybridized carbons (Fsp3) is 0.263. The maximum atomic E-state index is 11.3. The number of piperidine rings is 1. The molecule has 2 N–H and O–H groups in total. The van der Waals surface area contributed by atoms with Gasteiger partial charge in [0.15, 0.2) is 0 Å². The fourth-order valence-electron chi connectivity index (χ4n) is 3.10. The Bertz CT molecular complexity index is 953. The number of anilines is 3. The number of nitriles is 2. The molecule has 3 rings (SSSR count). The summed E-state index contributed by atoms with van der Waals surface area (Å²) in [5, 5.41) is 42.3. The van der Waals surface area contributed by atoms with Crippen molar-refractivity contribution in [3.05, 3.63) is 57.6 Å². The van der Waals surface area contributed by atoms with Crippen molar-refractivity contribution in [1.82, 2.24) is 0 Å². The van der Waals surface area contributed by atoms with E-state index in [0.717, 1.165) is 5.69 Å². The Kier molecular flexibility index (Phi) is 5.20. The van der Waals surface area contributed by atoms with Crippen LogP contribution < -0.4 is 10.2 Å². The van der Waals surface area contributed by atoms with Crippen molar-refractivity contribution in [2.75, 3.05) is 23.3 Å². The molecule has 0 aliphatic carbocycles. The van der Waals surface area contributed by atoms with Gasteiger partial charge < -0.3 is 15.3 Å². The largest absolute Gasteiger partial charge is 0.393 e. The summed E-state index contributed by atoms with van der Waals surface area (Å²) in [5.41, 5.74) is 2.02. The second-order valence-electron chi connectivity index (χ2n) is 6.29. The number of nitro benzene ring substituents is 1. The minimum absolute atomic E-state index is 0.201. The maximum Gasteiger partial charge on any atom is 0.293 e. The second-order valence-corrected chi connectivity index (χ2v) is 6.29. The predicted molar refractivity (Wildman–Crippen MR) is 99.7 cm³/mol. The minimum atomic E-state index is -0.554. The van der Waals surface area contributed by atoms with Crippen LogP contribution in [0.15, 0.2) is 36.4 Å². The summed E-state index contributed by atoms with van der Waals surface area (Å²) in [6.07, 6.45) is 1.01. The van der Waals surface area contributed by atoms with Gasteiger partial charge in [0, 0.05) is 24.8 Å². The van der Waals surface area contributed by atoms with Crippen LogP contribution in [0.5, 0.6) is 0 Å². The molecule has 1 aliphatic rings. The van der Waals surface area contributed by atoms with E-state index in [4.69, 9.17) is 5.26 Å². The zero-order chi connectivity index (χ0) is 19.4. The van der Waals surface area contributed by atoms with Crippen LogP contribution in [0.2, 0.25) is 0 Å². The first-order chi connectivity index (χ1) is 13.0. The van der Waals surface area contributed by atoms with Gasteiger partial charge in [0.05, 0.1) is 33.9 Å². The van der Waals surface area contributed by atoms with Gasteiger partial charge in [0.2, 0.25) is 0 Å². The summed E-state index contributed by atoms with van der Waals surface area (Å²) in [5.74, 6) is 0. The molecule has 8 heteroatoms. The van der Waals surface area contributed by atoms with Crippen LogP contribution in [0.25, 0.3) is 0 Å². The van der Waals surface area contributed by atoms with Gasteiger partial charge in [0.25, 0.3) is 5.69 Å². The summed E-state index contributed by atoms with van der Waals surface area (Å²) in [4.78, 5) is 12.8. The highest BCUT2D eigenvalue weighted by Gasteiger charge is 2.20. The molecular formula is C19H17N5O3. The normalized spacial score (nSPS) is 14.3. The quantitative estimate of drug-likeness (QED) is 0.631. The Morgan fingerprint density at radius 3 is 2.52 bits per heavy atom. The molecule has 0 spiro atoms. The van der Waals surface area contributed by atoms with Gasteiger partial charge in [-0.2, -0.15) is 10.5 Å². The third-order valence-electron chi connectivity index (χ3n) is 4.52. The number of aliphatic hydroxyl groups is 1. The maximum absolute atomic E-state index is 11.3. The highest BCUT2D eigenvalue weighted by Crippen LogP contribution is 2.31. The lowest BCUT2D eigenvalue weighted by Crippen LogP contribution is -2.36. The lowest BCUT2D eigenvalue weighted by Gasteiger charge is -2.32. The van der Waals surface area contributed by atoms with Crippen LogP contribution in [0.3, 0.4) is 0 Å². The smallest absolute Gasteiger partial charge is 0.293 e. The van der Waals surface area contributed by atoms with Gasteiger partial charge in [-0.25, -0.2) is 0 Å². The highest BCUT2D eigenvalue weighted by atomic mass is 16.6. The van der Waals surface area contributed by atoms with Crippen molar-refractivity contribution in [1.29, 1.82) is 10.5 Å². The molecule has 2 aromatic rings. The summed E-state index contributed by atoms with van der Waals surface area (Å²) in [6, 6.07) is 13.4. The van der Waals surface area contributed by atoms with Crippen molar-refractivity contribution in [3.63, 3.8) is 0 Å². The monoisotopic (exact) mass is 363 g/mol. The molecule has 27 heavy (non-hydrogen) atoms. The topological polar surface area (TPSA) is 126 Å². The van der Waals surface area contributed by atoms with Gasteiger partial charge >= 0.3 is 0 Å². The first-order valence-corrected chi connectivity index (χ1v) is 8.44. The number of aliphatic hydroxyl groups excluding tert-OH is 1. The highest BCUT2D eigenvalue weighted by molar-refractivity contribution is 5.74. The van der Waals surface area contributed by atoms with E-state index < -0.39 is 4.92 Å². The molecular weight excluding hydrogens is 346 g/mol. The van der Waals surface area contributed by atoms with E-state index in [1.54, 1.807) is 18.2 Å². The van der Waals surface area contributed by atoms with E-state index in [1.807, 2.05) is 6.07 Å². The fourth-order valence-corrected chi connectivity index (χ4v) is 3.10. The van der Waals surface area contributed by atoms with Gasteiger partial charge in [-0.3, -0.25) is 10.1 Å². The predicted octanol–water partition coefficient (Wildman–Crippen LogP) is 3.04. The van der Waals surface area contributed by atoms with Crippen LogP contribution in [0.1, 0.15) is 24.0 Å². The second kappa shape index (κ2) is 7.73. The van der Waals surface area contributed by atoms with Gasteiger partial charge in [0.1, 0.15) is 11.8 Å². The molecule has 1 fully saturated rings. The zero-order valence-corrected chi connectivity index (χ0v) is 14.4. The molecule has 8 nitrogen and oxygen atoms in total. The van der Waals surface area contributed by atoms with Gasteiger partial charge in [-0.1, -0.05) is 0 Å². The van der Waals surface area contributed by atoms with Crippen LogP contribution in [-0.2, 0) is 0 Å². The molecule has 1 aliphatic heterocycles. The van der Waals surface area contributed by atoms with Crippen molar-refractivity contribution >= 4 is 22.7 Å². The molecule has 0 aromatic heterocycles. The average Bonchev–Trinajstić information content (AvgIpc) is 2.68. The zero-order valence-electron chi connectivity index (χ0n) is 14.4. The summed E-state index contributed by atoms with van der Waals surface area (Å²) >= 11 is 0. The Hall–Kier alpha value is -3.62. The van der Waals surface area contributed by atoms with E-state index in [2.05, 4.69) is 16.3 Å². The molecule has 0 bridgehead atoms. The van der Waals surface area contributed by atoms with E-state index >= 15 is 0 Å². The molecule has 0 amide bonds. The molecule has 136 valence electrons. The minimum Gasteiger partial charge on any atom is -0.393 e. The average molecular weight is 363 g/mol. The number of rotatable bonds is 4. The number of nitrogens with one attached hydrogen (secondary N) is 1. The lowest BCUT2D eigenvalue weighted by molar-refractivity contribution is -0.383. The van der Waals surface area contributed by atoms with Crippen LogP contribution in [-0.4, -0.2) is 29.2 Å². The Labute approximate surface area is 156 Å². The molecule has 1 heterocycles. The Morgan fingerprint density at radius 1 is 1.15 bits per heavy atom. The third-order valence-corrected chi connectivity index (χ3v) is 4.52. The number of hydrogen-bond donors (Lipinski definition) is 2. The third kappa shape index (κ3) is 3.97. The number of benzene rings is 2. The van der Waals surface area contributed by atoms with E-state index in [-0.39, 0.29) is 23.0 Å². The van der Waals surface area contributed by atoms with Crippen LogP contribution in [0.4, 0.5) is 22.7 Å². The first kappa shape index (κ1) is 18.2. The van der Waals surface area contributed by atoms with Crippen LogP contribution >= 0.6 is 0 Å². The number of nitro groups is 1. The Balaban J connectivity index is 1.88. The molecule has 1 saturated heterocycles. The Morgan fingerprint density at radius 2 is 1.89 bits per heavy atom. The molecule has 0 unspecified atom stereocenters. The van der Waals surface area contributed by atoms with Crippen molar-refractivity contribution in [3.8, 4) is 12.1 Å². The molecule has 0 saturated carbocycles. The van der Waals surface area contributed by atoms with Crippen molar-refractivity contribution in [2.24, 2.45) is 0 Å². The van der Waals surface area contributed by atoms with Crippen molar-refractivity contribution in [2.45, 2.75) is 18.9 Å². The summed E-state index contributed by atoms with van der Waals surface area (Å²) in [7, 11) is 0. The van der Waals surface area contributed by atoms with Crippen LogP contribution in [0, 0.1) is 32.8 Å². The van der Waals surface area contributed by atoms with Crippen molar-refractivity contribution < 1.29 is 10.0 Å². The first-order valence-electron chi connectivity index (χ1n) is 8.44. The van der Waals surface area contributed by atoms with Gasteiger partial charge in [-0.15, -0.1) is 0 Å². The summed E-state index contributed by atoms with van der Waals surface area (Å²) < 4.78 is 0. The molecule has 0 atom stereocenters. The lowest BCUT2D eigenvalue weighted by atomic mass is 10.0. The van der Waals surface area contributed by atoms with E-state index in [0.29, 0.717) is 37.2 Å². The summed E-state index contributed by atoms with van der Waals surface area (Å²) in [6.45, 7) is 1.34. The number of hydrogen-bond acceptors (Lipinski definition) is 7.